The van der Waals surface area contributed by atoms with E-state index in [1.54, 1.807) is 19.0 Å². The van der Waals surface area contributed by atoms with Crippen molar-refractivity contribution >= 4 is 5.91 Å². The zero-order valence-electron chi connectivity index (χ0n) is 15.2. The Morgan fingerprint density at radius 2 is 1.83 bits per heavy atom. The Balaban J connectivity index is 1.70. The highest BCUT2D eigenvalue weighted by atomic mass is 16.3. The molecule has 0 radical (unpaired) electrons. The van der Waals surface area contributed by atoms with Crippen LogP contribution in [0.2, 0.25) is 0 Å². The van der Waals surface area contributed by atoms with Crippen LogP contribution < -0.4 is 0 Å². The zero-order chi connectivity index (χ0) is 17.5. The summed E-state index contributed by atoms with van der Waals surface area (Å²) >= 11 is 0. The summed E-state index contributed by atoms with van der Waals surface area (Å²) in [7, 11) is 5.62. The third kappa shape index (κ3) is 5.89. The molecule has 0 aliphatic carbocycles. The first-order chi connectivity index (χ1) is 11.5. The number of amides is 1. The van der Waals surface area contributed by atoms with Crippen LogP contribution in [0.3, 0.4) is 0 Å². The molecule has 1 saturated heterocycles. The Morgan fingerprint density at radius 3 is 2.42 bits per heavy atom. The smallest absolute Gasteiger partial charge is 0.236 e. The van der Waals surface area contributed by atoms with Crippen molar-refractivity contribution in [1.82, 2.24) is 14.7 Å². The number of piperidine rings is 1. The number of aliphatic hydroxyl groups excluding tert-OH is 1. The van der Waals surface area contributed by atoms with Crippen molar-refractivity contribution < 1.29 is 9.90 Å². The van der Waals surface area contributed by atoms with Gasteiger partial charge in [-0.3, -0.25) is 9.69 Å². The predicted octanol–water partition coefficient (Wildman–Crippen LogP) is 1.45. The molecular weight excluding hydrogens is 302 g/mol. The standard InChI is InChI=1S/C19H31N3O2/c1-20(2)19(24)15-21(3)13-16-9-11-22(12-10-16)14-18(23)17-7-5-4-6-8-17/h4-8,16,18,23H,9-15H2,1-3H3/t18-/m1/s1. The lowest BCUT2D eigenvalue weighted by Crippen LogP contribution is -2.41. The van der Waals surface area contributed by atoms with E-state index in [9.17, 15) is 9.90 Å². The molecule has 0 bridgehead atoms. The number of carbonyl (C=O) groups is 1. The van der Waals surface area contributed by atoms with Gasteiger partial charge in [0.2, 0.25) is 5.91 Å². The Hall–Kier alpha value is -1.43. The van der Waals surface area contributed by atoms with E-state index in [4.69, 9.17) is 0 Å². The van der Waals surface area contributed by atoms with Gasteiger partial charge in [-0.25, -0.2) is 0 Å². The molecule has 1 heterocycles. The summed E-state index contributed by atoms with van der Waals surface area (Å²) in [6.45, 7) is 4.19. The van der Waals surface area contributed by atoms with E-state index in [0.717, 1.165) is 38.0 Å². The summed E-state index contributed by atoms with van der Waals surface area (Å²) in [4.78, 5) is 17.9. The van der Waals surface area contributed by atoms with Crippen molar-refractivity contribution in [3.63, 3.8) is 0 Å². The molecule has 0 spiro atoms. The maximum absolute atomic E-state index is 11.8. The van der Waals surface area contributed by atoms with Crippen LogP contribution in [0.4, 0.5) is 0 Å². The summed E-state index contributed by atoms with van der Waals surface area (Å²) < 4.78 is 0. The summed E-state index contributed by atoms with van der Waals surface area (Å²) in [6.07, 6.45) is 1.84. The molecular formula is C19H31N3O2. The van der Waals surface area contributed by atoms with Crippen molar-refractivity contribution in [2.45, 2.75) is 18.9 Å². The summed E-state index contributed by atoms with van der Waals surface area (Å²) in [5, 5.41) is 10.3. The lowest BCUT2D eigenvalue weighted by Gasteiger charge is -2.34. The monoisotopic (exact) mass is 333 g/mol. The minimum absolute atomic E-state index is 0.154. The van der Waals surface area contributed by atoms with Crippen molar-refractivity contribution in [1.29, 1.82) is 0 Å². The summed E-state index contributed by atoms with van der Waals surface area (Å²) in [5.74, 6) is 0.788. The van der Waals surface area contributed by atoms with Gasteiger partial charge in [0.25, 0.3) is 0 Å². The van der Waals surface area contributed by atoms with E-state index < -0.39 is 6.10 Å². The quantitative estimate of drug-likeness (QED) is 0.820. The van der Waals surface area contributed by atoms with Crippen LogP contribution >= 0.6 is 0 Å². The van der Waals surface area contributed by atoms with Gasteiger partial charge in [0.1, 0.15) is 0 Å². The highest BCUT2D eigenvalue weighted by molar-refractivity contribution is 5.77. The van der Waals surface area contributed by atoms with Crippen molar-refractivity contribution in [2.75, 3.05) is 53.9 Å². The Labute approximate surface area is 145 Å². The number of benzene rings is 1. The van der Waals surface area contributed by atoms with Gasteiger partial charge in [-0.2, -0.15) is 0 Å². The van der Waals surface area contributed by atoms with Crippen LogP contribution in [0, 0.1) is 5.92 Å². The number of rotatable bonds is 7. The maximum Gasteiger partial charge on any atom is 0.236 e. The average Bonchev–Trinajstić information content (AvgIpc) is 2.57. The van der Waals surface area contributed by atoms with Crippen LogP contribution in [0.5, 0.6) is 0 Å². The molecule has 5 heteroatoms. The third-order valence-corrected chi connectivity index (χ3v) is 4.80. The minimum atomic E-state index is -0.414. The molecule has 2 rings (SSSR count). The van der Waals surface area contributed by atoms with E-state index >= 15 is 0 Å². The molecule has 24 heavy (non-hydrogen) atoms. The summed E-state index contributed by atoms with van der Waals surface area (Å²) in [6, 6.07) is 9.87. The van der Waals surface area contributed by atoms with E-state index in [0.29, 0.717) is 19.0 Å². The highest BCUT2D eigenvalue weighted by Gasteiger charge is 2.23. The molecule has 1 aromatic rings. The van der Waals surface area contributed by atoms with Gasteiger partial charge < -0.3 is 14.9 Å². The highest BCUT2D eigenvalue weighted by Crippen LogP contribution is 2.21. The molecule has 1 N–H and O–H groups in total. The summed E-state index contributed by atoms with van der Waals surface area (Å²) in [5.41, 5.74) is 0.988. The minimum Gasteiger partial charge on any atom is -0.387 e. The van der Waals surface area contributed by atoms with E-state index in [2.05, 4.69) is 9.80 Å². The Morgan fingerprint density at radius 1 is 1.21 bits per heavy atom. The Bertz CT molecular complexity index is 499. The number of β-amino-alcohol motifs (C(OH)–C–C–N with tert-alkyl or cyclic N) is 1. The number of carbonyl (C=O) groups excluding carboxylic acids is 1. The van der Waals surface area contributed by atoms with Gasteiger partial charge in [-0.05, 0) is 44.5 Å². The van der Waals surface area contributed by atoms with Crippen LogP contribution in [-0.2, 0) is 4.79 Å². The molecule has 0 saturated carbocycles. The zero-order valence-corrected chi connectivity index (χ0v) is 15.2. The van der Waals surface area contributed by atoms with Gasteiger partial charge in [0.15, 0.2) is 0 Å². The lowest BCUT2D eigenvalue weighted by molar-refractivity contribution is -0.129. The van der Waals surface area contributed by atoms with Gasteiger partial charge in [-0.1, -0.05) is 30.3 Å². The van der Waals surface area contributed by atoms with Crippen molar-refractivity contribution in [3.05, 3.63) is 35.9 Å². The van der Waals surface area contributed by atoms with Gasteiger partial charge in [0.05, 0.1) is 12.6 Å². The molecule has 1 aromatic carbocycles. The number of aliphatic hydroxyl groups is 1. The molecule has 1 fully saturated rings. The van der Waals surface area contributed by atoms with Crippen LogP contribution in [0.25, 0.3) is 0 Å². The predicted molar refractivity (Wildman–Crippen MR) is 96.8 cm³/mol. The number of nitrogens with zero attached hydrogens (tertiary/aromatic N) is 3. The largest absolute Gasteiger partial charge is 0.387 e. The van der Waals surface area contributed by atoms with Crippen LogP contribution in [-0.4, -0.2) is 79.6 Å². The molecule has 0 unspecified atom stereocenters. The molecule has 5 nitrogen and oxygen atoms in total. The van der Waals surface area contributed by atoms with Gasteiger partial charge in [0, 0.05) is 27.2 Å². The van der Waals surface area contributed by atoms with Crippen molar-refractivity contribution in [3.8, 4) is 0 Å². The molecule has 1 aliphatic rings. The van der Waals surface area contributed by atoms with Crippen LogP contribution in [0.15, 0.2) is 30.3 Å². The number of hydrogen-bond acceptors (Lipinski definition) is 4. The molecule has 0 aromatic heterocycles. The molecule has 134 valence electrons. The Kier molecular flexibility index (Phi) is 7.21. The maximum atomic E-state index is 11.8. The number of likely N-dealkylation sites (tertiary alicyclic amines) is 1. The van der Waals surface area contributed by atoms with E-state index in [-0.39, 0.29) is 5.91 Å². The first kappa shape index (κ1) is 18.9. The topological polar surface area (TPSA) is 47.0 Å². The fourth-order valence-corrected chi connectivity index (χ4v) is 3.25. The van der Waals surface area contributed by atoms with Gasteiger partial charge >= 0.3 is 0 Å². The SMILES string of the molecule is CN(CC(=O)N(C)C)CC1CCN(C[C@@H](O)c2ccccc2)CC1. The second-order valence-electron chi connectivity index (χ2n) is 7.16. The lowest BCUT2D eigenvalue weighted by atomic mass is 9.95. The third-order valence-electron chi connectivity index (χ3n) is 4.80. The number of hydrogen-bond donors (Lipinski definition) is 1. The second-order valence-corrected chi connectivity index (χ2v) is 7.16. The fourth-order valence-electron chi connectivity index (χ4n) is 3.25. The fraction of sp³-hybridized carbons (Fsp3) is 0.632. The first-order valence-electron chi connectivity index (χ1n) is 8.79. The normalized spacial score (nSPS) is 17.9. The second kappa shape index (κ2) is 9.16. The molecule has 1 atom stereocenters. The number of likely N-dealkylation sites (N-methyl/N-ethyl adjacent to an activating group) is 2. The average molecular weight is 333 g/mol. The van der Waals surface area contributed by atoms with Crippen LogP contribution in [0.1, 0.15) is 24.5 Å². The van der Waals surface area contributed by atoms with Crippen molar-refractivity contribution in [2.24, 2.45) is 5.92 Å². The first-order valence-corrected chi connectivity index (χ1v) is 8.79. The molecule has 1 aliphatic heterocycles. The van der Waals surface area contributed by atoms with Gasteiger partial charge in [-0.15, -0.1) is 0 Å². The van der Waals surface area contributed by atoms with E-state index in [1.807, 2.05) is 37.4 Å². The molecule has 1 amide bonds. The van der Waals surface area contributed by atoms with E-state index in [1.165, 1.54) is 0 Å².